The minimum atomic E-state index is -2.45. The van der Waals surface area contributed by atoms with Crippen molar-refractivity contribution in [2.75, 3.05) is 42.9 Å². The van der Waals surface area contributed by atoms with E-state index in [1.165, 1.54) is 18.6 Å². The van der Waals surface area contributed by atoms with E-state index in [9.17, 15) is 18.9 Å². The third-order valence-electron chi connectivity index (χ3n) is 10.0. The fraction of sp³-hybridized carbons (Fsp3) is 0.444. The van der Waals surface area contributed by atoms with Crippen molar-refractivity contribution in [2.45, 2.75) is 62.8 Å². The molecule has 7 rings (SSSR count). The maximum Gasteiger partial charge on any atom is 0.269 e. The Morgan fingerprint density at radius 2 is 1.83 bits per heavy atom. The summed E-state index contributed by atoms with van der Waals surface area (Å²) in [6, 6.07) is 10.7. The van der Waals surface area contributed by atoms with E-state index in [1.54, 1.807) is 23.1 Å². The average Bonchev–Trinajstić information content (AvgIpc) is 4.02. The second-order valence-electron chi connectivity index (χ2n) is 14.6. The number of pyridine rings is 1. The van der Waals surface area contributed by atoms with Crippen molar-refractivity contribution < 1.29 is 18.9 Å². The summed E-state index contributed by atoms with van der Waals surface area (Å²) in [4.78, 5) is 33.9. The molecule has 2 atom stereocenters. The molecule has 3 aromatic rings. The van der Waals surface area contributed by atoms with Crippen molar-refractivity contribution in [1.29, 1.82) is 0 Å². The summed E-state index contributed by atoms with van der Waals surface area (Å²) in [5.41, 5.74) is 15.8. The number of nitrogens with zero attached hydrogens (tertiary/aromatic N) is 6. The van der Waals surface area contributed by atoms with Crippen LogP contribution in [0.2, 0.25) is 0 Å². The van der Waals surface area contributed by atoms with Gasteiger partial charge in [0.15, 0.2) is 5.82 Å². The number of aliphatic hydroxyl groups is 1. The Bertz CT molecular complexity index is 2140. The van der Waals surface area contributed by atoms with Gasteiger partial charge in [0.1, 0.15) is 25.0 Å². The van der Waals surface area contributed by atoms with Gasteiger partial charge in [-0.15, -0.1) is 0 Å². The number of carbonyl (C=O) groups is 2. The third-order valence-corrected chi connectivity index (χ3v) is 10.7. The van der Waals surface area contributed by atoms with Crippen LogP contribution in [0.3, 0.4) is 0 Å². The molecule has 2 unspecified atom stereocenters. The first-order valence-corrected chi connectivity index (χ1v) is 20.2. The van der Waals surface area contributed by atoms with Crippen LogP contribution >= 0.6 is 0 Å². The first kappa shape index (κ1) is 36.5. The number of nitrogens with one attached hydrogen (secondary N) is 3. The SMILES string of the molecule is [B]C(O)(c1cccc(N=S(C)(C)=O)n1)N1CC(n2ncc3c2C(CC)N(C)c2c(NC(/C=C(\N)NC(=O)C4CC4)=C(/N)C(=O)NC4CC4)cccc2-3)C1. The van der Waals surface area contributed by atoms with Crippen LogP contribution in [-0.4, -0.2) is 87.3 Å². The Labute approximate surface area is 310 Å². The highest BCUT2D eigenvalue weighted by Gasteiger charge is 2.44. The van der Waals surface area contributed by atoms with E-state index in [-0.39, 0.29) is 58.7 Å². The zero-order valence-electron chi connectivity index (χ0n) is 30.4. The van der Waals surface area contributed by atoms with Gasteiger partial charge >= 0.3 is 0 Å². The molecule has 2 aliphatic heterocycles. The van der Waals surface area contributed by atoms with Gasteiger partial charge in [-0.1, -0.05) is 25.1 Å². The lowest BCUT2D eigenvalue weighted by atomic mass is 9.82. The lowest BCUT2D eigenvalue weighted by Crippen LogP contribution is -2.59. The standard InChI is InChI=1S/C36H46BN11O4S/c1-5-27-33-24(17-40-48(33)22-18-47(19-22)36(37,51)28-10-7-11-30(43-28)45-53(3,4)52)23-8-6-9-25(32(23)46(27)2)42-26(31(39)35(50)41-21-14-15-21)16-29(38)44-34(49)20-12-13-20/h6-11,16-17,20-22,27,42,51H,5,12-15,18-19,38-39H2,1-4H3,(H,41,50)(H,44,49)/b29-16+,31-26+. The van der Waals surface area contributed by atoms with Gasteiger partial charge in [0.25, 0.3) is 5.91 Å². The predicted octanol–water partition coefficient (Wildman–Crippen LogP) is 2.22. The molecule has 2 aliphatic carbocycles. The molecule has 0 bridgehead atoms. The van der Waals surface area contributed by atoms with Crippen LogP contribution in [0.1, 0.15) is 62.5 Å². The fourth-order valence-electron chi connectivity index (χ4n) is 6.93. The van der Waals surface area contributed by atoms with E-state index in [2.05, 4.69) is 37.1 Å². The summed E-state index contributed by atoms with van der Waals surface area (Å²) in [7, 11) is 6.02. The molecule has 2 aromatic heterocycles. The van der Waals surface area contributed by atoms with E-state index in [0.29, 0.717) is 18.8 Å². The number of benzene rings is 1. The molecule has 0 spiro atoms. The van der Waals surface area contributed by atoms with Crippen molar-refractivity contribution in [3.63, 3.8) is 0 Å². The highest BCUT2D eigenvalue weighted by Crippen LogP contribution is 2.50. The van der Waals surface area contributed by atoms with Crippen molar-refractivity contribution in [2.24, 2.45) is 21.7 Å². The van der Waals surface area contributed by atoms with Crippen LogP contribution in [-0.2, 0) is 24.9 Å². The molecule has 3 fully saturated rings. The maximum atomic E-state index is 13.1. The van der Waals surface area contributed by atoms with E-state index in [1.807, 2.05) is 36.1 Å². The van der Waals surface area contributed by atoms with Gasteiger partial charge in [0, 0.05) is 71.5 Å². The molecular weight excluding hydrogens is 693 g/mol. The van der Waals surface area contributed by atoms with Gasteiger partial charge in [0.05, 0.1) is 46.7 Å². The van der Waals surface area contributed by atoms with Gasteiger partial charge in [-0.3, -0.25) is 19.2 Å². The maximum absolute atomic E-state index is 13.1. The molecule has 8 N–H and O–H groups in total. The van der Waals surface area contributed by atoms with Gasteiger partial charge < -0.3 is 37.4 Å². The molecule has 2 saturated carbocycles. The Hall–Kier alpha value is -4.87. The number of allylic oxidation sites excluding steroid dienone is 1. The molecular formula is C36H46BN11O4S. The monoisotopic (exact) mass is 739 g/mol. The first-order chi connectivity index (χ1) is 25.1. The molecule has 4 heterocycles. The van der Waals surface area contributed by atoms with Gasteiger partial charge in [0.2, 0.25) is 5.91 Å². The predicted molar refractivity (Wildman–Crippen MR) is 205 cm³/mol. The van der Waals surface area contributed by atoms with E-state index in [4.69, 9.17) is 24.4 Å². The summed E-state index contributed by atoms with van der Waals surface area (Å²) >= 11 is 0. The molecule has 15 nitrogen and oxygen atoms in total. The Balaban J connectivity index is 1.17. The Morgan fingerprint density at radius 3 is 2.49 bits per heavy atom. The number of amides is 2. The number of hydrogen-bond donors (Lipinski definition) is 6. The molecule has 4 aliphatic rings. The highest BCUT2D eigenvalue weighted by molar-refractivity contribution is 7.92. The van der Waals surface area contributed by atoms with E-state index >= 15 is 0 Å². The normalized spacial score (nSPS) is 20.7. The minimum absolute atomic E-state index is 0.0433. The van der Waals surface area contributed by atoms with Crippen LogP contribution in [0.15, 0.2) is 70.2 Å². The molecule has 17 heteroatoms. The summed E-state index contributed by atoms with van der Waals surface area (Å²) in [6.07, 6.45) is 10.6. The smallest absolute Gasteiger partial charge is 0.269 e. The molecule has 2 radical (unpaired) electrons. The first-order valence-electron chi connectivity index (χ1n) is 17.8. The zero-order valence-corrected chi connectivity index (χ0v) is 31.2. The Kier molecular flexibility index (Phi) is 9.53. The molecule has 2 amide bonds. The number of aromatic nitrogens is 3. The molecule has 53 heavy (non-hydrogen) atoms. The van der Waals surface area contributed by atoms with E-state index in [0.717, 1.165) is 54.6 Å². The third kappa shape index (κ3) is 7.50. The summed E-state index contributed by atoms with van der Waals surface area (Å²) in [5, 5.41) is 25.3. The second kappa shape index (κ2) is 13.8. The van der Waals surface area contributed by atoms with Gasteiger partial charge in [-0.2, -0.15) is 9.46 Å². The van der Waals surface area contributed by atoms with Crippen LogP contribution in [0.4, 0.5) is 17.2 Å². The summed E-state index contributed by atoms with van der Waals surface area (Å²) in [5.74, 6) is -0.283. The van der Waals surface area contributed by atoms with E-state index < -0.39 is 21.3 Å². The number of hydrogen-bond acceptors (Lipinski definition) is 12. The lowest BCUT2D eigenvalue weighted by molar-refractivity contribution is -0.121. The van der Waals surface area contributed by atoms with Gasteiger partial charge in [-0.05, 0) is 50.3 Å². The van der Waals surface area contributed by atoms with Crippen LogP contribution in [0.5, 0.6) is 0 Å². The zero-order chi connectivity index (χ0) is 37.8. The number of rotatable bonds is 12. The topological polar surface area (TPSA) is 209 Å². The fourth-order valence-corrected chi connectivity index (χ4v) is 7.48. The van der Waals surface area contributed by atoms with Crippen LogP contribution in [0, 0.1) is 5.92 Å². The van der Waals surface area contributed by atoms with Crippen LogP contribution < -0.4 is 32.3 Å². The summed E-state index contributed by atoms with van der Waals surface area (Å²) in [6.45, 7) is 2.94. The van der Waals surface area contributed by atoms with Crippen molar-refractivity contribution >= 4 is 46.6 Å². The average molecular weight is 740 g/mol. The number of likely N-dealkylation sites (tertiary alicyclic amines) is 1. The summed E-state index contributed by atoms with van der Waals surface area (Å²) < 4.78 is 18.4. The lowest BCUT2D eigenvalue weighted by Gasteiger charge is -2.49. The van der Waals surface area contributed by atoms with Crippen LogP contribution in [0.25, 0.3) is 11.1 Å². The highest BCUT2D eigenvalue weighted by atomic mass is 32.2. The molecule has 1 aromatic carbocycles. The number of anilines is 2. The largest absolute Gasteiger partial charge is 0.393 e. The number of carbonyl (C=O) groups excluding carboxylic acids is 2. The van der Waals surface area contributed by atoms with Crippen molar-refractivity contribution in [3.05, 3.63) is 77.3 Å². The molecule has 1 saturated heterocycles. The quantitative estimate of drug-likeness (QED) is 0.0902. The second-order valence-corrected chi connectivity index (χ2v) is 17.2. The number of nitrogens with two attached hydrogens (primary N) is 2. The minimum Gasteiger partial charge on any atom is -0.393 e. The Morgan fingerprint density at radius 1 is 1.11 bits per heavy atom. The number of para-hydroxylation sites is 1. The number of fused-ring (bicyclic) bond motifs is 3. The van der Waals surface area contributed by atoms with Gasteiger partial charge in [-0.25, -0.2) is 9.19 Å². The molecule has 278 valence electrons. The van der Waals surface area contributed by atoms with Crippen molar-refractivity contribution in [1.82, 2.24) is 30.3 Å². The van der Waals surface area contributed by atoms with Crippen molar-refractivity contribution in [3.8, 4) is 11.1 Å².